The number of amides is 1. The molecule has 1 amide bonds. The Labute approximate surface area is 199 Å². The maximum absolute atomic E-state index is 13.4. The molecule has 3 aromatic rings. The second kappa shape index (κ2) is 9.54. The topological polar surface area (TPSA) is 103 Å². The van der Waals surface area contributed by atoms with Crippen LogP contribution >= 0.6 is 0 Å². The molecule has 2 aromatic carbocycles. The Morgan fingerprint density at radius 1 is 1.21 bits per heavy atom. The molecular weight excluding hydrogens is 430 g/mol. The van der Waals surface area contributed by atoms with Gasteiger partial charge < -0.3 is 25.4 Å². The van der Waals surface area contributed by atoms with E-state index < -0.39 is 0 Å². The van der Waals surface area contributed by atoms with E-state index in [9.17, 15) is 9.90 Å². The summed E-state index contributed by atoms with van der Waals surface area (Å²) in [6.45, 7) is 6.60. The van der Waals surface area contributed by atoms with Crippen molar-refractivity contribution in [3.8, 4) is 11.5 Å². The molecule has 2 heterocycles. The Morgan fingerprint density at radius 3 is 2.79 bits per heavy atom. The number of anilines is 1. The summed E-state index contributed by atoms with van der Waals surface area (Å²) in [5.74, 6) is 1.33. The number of aromatic amines is 1. The maximum atomic E-state index is 13.4. The molecule has 1 fully saturated rings. The summed E-state index contributed by atoms with van der Waals surface area (Å²) in [7, 11) is 0. The van der Waals surface area contributed by atoms with E-state index >= 15 is 0 Å². The molecule has 4 N–H and O–H groups in total. The Morgan fingerprint density at radius 2 is 2.00 bits per heavy atom. The number of rotatable bonds is 8. The highest BCUT2D eigenvalue weighted by molar-refractivity contribution is 6.03. The normalized spacial score (nSPS) is 15.9. The number of nitrogens with zero attached hydrogens (tertiary/aromatic N) is 2. The van der Waals surface area contributed by atoms with Crippen molar-refractivity contribution in [3.05, 3.63) is 47.0 Å². The quantitative estimate of drug-likeness (QED) is 0.374. The Kier molecular flexibility index (Phi) is 6.32. The molecule has 0 unspecified atom stereocenters. The minimum atomic E-state index is -0.188. The number of carbonyl (C=O) groups excluding carboxylic acids is 1. The van der Waals surface area contributed by atoms with Gasteiger partial charge in [-0.3, -0.25) is 9.89 Å². The van der Waals surface area contributed by atoms with Gasteiger partial charge in [0, 0.05) is 43.2 Å². The molecule has 1 aromatic heterocycles. The SMILES string of the molecule is CC(C)NCCOc1ccc2c(c1)CN(C(=O)c1cc3c(NC4CCCC4)n[nH]c3cc1O)C2. The van der Waals surface area contributed by atoms with Gasteiger partial charge in [-0.05, 0) is 42.2 Å². The van der Waals surface area contributed by atoms with Crippen LogP contribution in [-0.2, 0) is 13.1 Å². The van der Waals surface area contributed by atoms with E-state index in [4.69, 9.17) is 4.74 Å². The van der Waals surface area contributed by atoms with Gasteiger partial charge in [0.1, 0.15) is 18.1 Å². The van der Waals surface area contributed by atoms with Gasteiger partial charge in [0.2, 0.25) is 0 Å². The second-order valence-corrected chi connectivity index (χ2v) is 9.66. The fourth-order valence-corrected chi connectivity index (χ4v) is 4.89. The summed E-state index contributed by atoms with van der Waals surface area (Å²) in [6, 6.07) is 10.2. The molecule has 0 bridgehead atoms. The van der Waals surface area contributed by atoms with Crippen LogP contribution in [-0.4, -0.2) is 51.3 Å². The minimum absolute atomic E-state index is 0.0359. The summed E-state index contributed by atoms with van der Waals surface area (Å²) in [6.07, 6.45) is 4.71. The minimum Gasteiger partial charge on any atom is -0.507 e. The van der Waals surface area contributed by atoms with Gasteiger partial charge in [-0.2, -0.15) is 5.10 Å². The summed E-state index contributed by atoms with van der Waals surface area (Å²) in [4.78, 5) is 15.2. The van der Waals surface area contributed by atoms with Crippen LogP contribution in [0.3, 0.4) is 0 Å². The first kappa shape index (κ1) is 22.5. The molecule has 0 radical (unpaired) electrons. The number of ether oxygens (including phenoxy) is 1. The zero-order valence-corrected chi connectivity index (χ0v) is 19.9. The number of nitrogens with one attached hydrogen (secondary N) is 3. The van der Waals surface area contributed by atoms with Gasteiger partial charge >= 0.3 is 0 Å². The van der Waals surface area contributed by atoms with Crippen LogP contribution < -0.4 is 15.4 Å². The number of hydrogen-bond donors (Lipinski definition) is 4. The summed E-state index contributed by atoms with van der Waals surface area (Å²) in [5, 5.41) is 25.6. The molecule has 1 saturated carbocycles. The first-order valence-electron chi connectivity index (χ1n) is 12.2. The van der Waals surface area contributed by atoms with E-state index in [0.29, 0.717) is 42.9 Å². The molecule has 34 heavy (non-hydrogen) atoms. The zero-order valence-electron chi connectivity index (χ0n) is 19.9. The number of carbonyl (C=O) groups is 1. The van der Waals surface area contributed by atoms with Crippen molar-refractivity contribution in [1.82, 2.24) is 20.4 Å². The van der Waals surface area contributed by atoms with E-state index in [0.717, 1.165) is 47.5 Å². The van der Waals surface area contributed by atoms with Crippen molar-refractivity contribution in [2.75, 3.05) is 18.5 Å². The van der Waals surface area contributed by atoms with Crippen LogP contribution in [0.5, 0.6) is 11.5 Å². The first-order valence-corrected chi connectivity index (χ1v) is 12.2. The Balaban J connectivity index is 1.29. The predicted octanol–water partition coefficient (Wildman–Crippen LogP) is 4.16. The number of hydrogen-bond acceptors (Lipinski definition) is 6. The van der Waals surface area contributed by atoms with Crippen molar-refractivity contribution in [2.45, 2.75) is 64.7 Å². The van der Waals surface area contributed by atoms with Crippen LogP contribution in [0.4, 0.5) is 5.82 Å². The zero-order chi connectivity index (χ0) is 23.7. The lowest BCUT2D eigenvalue weighted by Gasteiger charge is -2.17. The molecule has 1 aliphatic carbocycles. The van der Waals surface area contributed by atoms with Crippen LogP contribution in [0.1, 0.15) is 61.0 Å². The van der Waals surface area contributed by atoms with Crippen LogP contribution in [0.25, 0.3) is 10.9 Å². The smallest absolute Gasteiger partial charge is 0.258 e. The summed E-state index contributed by atoms with van der Waals surface area (Å²) < 4.78 is 5.86. The van der Waals surface area contributed by atoms with Gasteiger partial charge in [0.25, 0.3) is 5.91 Å². The molecule has 8 heteroatoms. The van der Waals surface area contributed by atoms with Gasteiger partial charge in [-0.15, -0.1) is 0 Å². The van der Waals surface area contributed by atoms with Crippen molar-refractivity contribution in [2.24, 2.45) is 0 Å². The Bertz CT molecular complexity index is 1180. The van der Waals surface area contributed by atoms with E-state index in [-0.39, 0.29) is 11.7 Å². The molecule has 2 aliphatic rings. The third-order valence-electron chi connectivity index (χ3n) is 6.72. The lowest BCUT2D eigenvalue weighted by molar-refractivity contribution is 0.0748. The highest BCUT2D eigenvalue weighted by Crippen LogP contribution is 2.33. The highest BCUT2D eigenvalue weighted by Gasteiger charge is 2.27. The van der Waals surface area contributed by atoms with Crippen molar-refractivity contribution < 1.29 is 14.6 Å². The highest BCUT2D eigenvalue weighted by atomic mass is 16.5. The average molecular weight is 464 g/mol. The van der Waals surface area contributed by atoms with E-state index in [1.807, 2.05) is 18.2 Å². The molecule has 0 saturated heterocycles. The fourth-order valence-electron chi connectivity index (χ4n) is 4.89. The Hall–Kier alpha value is -3.26. The van der Waals surface area contributed by atoms with E-state index in [2.05, 4.69) is 34.7 Å². The molecule has 180 valence electrons. The standard InChI is InChI=1S/C26H33N5O3/c1-16(2)27-9-10-34-20-8-7-17-14-31(15-18(17)11-20)26(33)22-12-21-23(13-24(22)32)29-30-25(21)28-19-5-3-4-6-19/h7-8,11-13,16,19,27,32H,3-6,9-10,14-15H2,1-2H3,(H2,28,29,30). The van der Waals surface area contributed by atoms with Crippen molar-refractivity contribution in [3.63, 3.8) is 0 Å². The monoisotopic (exact) mass is 463 g/mol. The van der Waals surface area contributed by atoms with E-state index in [1.165, 1.54) is 12.8 Å². The van der Waals surface area contributed by atoms with Crippen molar-refractivity contribution >= 4 is 22.6 Å². The second-order valence-electron chi connectivity index (χ2n) is 9.66. The number of benzene rings is 2. The third kappa shape index (κ3) is 4.68. The summed E-state index contributed by atoms with van der Waals surface area (Å²) >= 11 is 0. The largest absolute Gasteiger partial charge is 0.507 e. The lowest BCUT2D eigenvalue weighted by atomic mass is 10.1. The molecule has 0 atom stereocenters. The fraction of sp³-hybridized carbons (Fsp3) is 0.462. The van der Waals surface area contributed by atoms with Gasteiger partial charge in [0.05, 0.1) is 11.1 Å². The first-order chi connectivity index (χ1) is 16.5. The van der Waals surface area contributed by atoms with Gasteiger partial charge in [-0.25, -0.2) is 0 Å². The number of phenols is 1. The van der Waals surface area contributed by atoms with Gasteiger partial charge in [0.15, 0.2) is 5.82 Å². The molecule has 0 spiro atoms. The lowest BCUT2D eigenvalue weighted by Crippen LogP contribution is -2.27. The van der Waals surface area contributed by atoms with Gasteiger partial charge in [-0.1, -0.05) is 32.8 Å². The number of aromatic nitrogens is 2. The number of phenolic OH excluding ortho intramolecular Hbond substituents is 1. The number of fused-ring (bicyclic) bond motifs is 2. The molecule has 8 nitrogen and oxygen atoms in total. The average Bonchev–Trinajstić information content (AvgIpc) is 3.56. The molecular formula is C26H33N5O3. The maximum Gasteiger partial charge on any atom is 0.258 e. The summed E-state index contributed by atoms with van der Waals surface area (Å²) in [5.41, 5.74) is 3.20. The van der Waals surface area contributed by atoms with E-state index in [1.54, 1.807) is 17.0 Å². The number of H-pyrrole nitrogens is 1. The van der Waals surface area contributed by atoms with Crippen LogP contribution in [0.15, 0.2) is 30.3 Å². The van der Waals surface area contributed by atoms with Crippen LogP contribution in [0, 0.1) is 0 Å². The third-order valence-corrected chi connectivity index (χ3v) is 6.72. The predicted molar refractivity (Wildman–Crippen MR) is 132 cm³/mol. The van der Waals surface area contributed by atoms with Crippen LogP contribution in [0.2, 0.25) is 0 Å². The molecule has 5 rings (SSSR count). The molecule has 1 aliphatic heterocycles. The number of aromatic hydroxyl groups is 1. The van der Waals surface area contributed by atoms with Crippen molar-refractivity contribution in [1.29, 1.82) is 0 Å².